The number of amides is 1. The lowest BCUT2D eigenvalue weighted by molar-refractivity contribution is -0.131. The van der Waals surface area contributed by atoms with Crippen molar-refractivity contribution in [3.63, 3.8) is 0 Å². The summed E-state index contributed by atoms with van der Waals surface area (Å²) in [5.74, 6) is -0.181. The summed E-state index contributed by atoms with van der Waals surface area (Å²) in [5.41, 5.74) is 0.969. The lowest BCUT2D eigenvalue weighted by Crippen LogP contribution is -2.48. The molecule has 1 aliphatic heterocycles. The quantitative estimate of drug-likeness (QED) is 0.766. The monoisotopic (exact) mass is 360 g/mol. The highest BCUT2D eigenvalue weighted by Crippen LogP contribution is 2.19. The second-order valence-electron chi connectivity index (χ2n) is 6.18. The molecule has 2 aromatic rings. The maximum absolute atomic E-state index is 13.0. The molecule has 0 saturated carbocycles. The van der Waals surface area contributed by atoms with Gasteiger partial charge in [0.05, 0.1) is 4.88 Å². The van der Waals surface area contributed by atoms with E-state index in [-0.39, 0.29) is 30.3 Å². The van der Waals surface area contributed by atoms with E-state index in [0.29, 0.717) is 13.1 Å². The highest BCUT2D eigenvalue weighted by Gasteiger charge is 2.22. The summed E-state index contributed by atoms with van der Waals surface area (Å²) in [4.78, 5) is 30.2. The smallest absolute Gasteiger partial charge is 0.223 e. The van der Waals surface area contributed by atoms with Gasteiger partial charge in [-0.1, -0.05) is 0 Å². The van der Waals surface area contributed by atoms with Crippen molar-refractivity contribution in [1.82, 2.24) is 4.90 Å². The van der Waals surface area contributed by atoms with Gasteiger partial charge >= 0.3 is 0 Å². The molecule has 0 atom stereocenters. The number of rotatable bonds is 5. The van der Waals surface area contributed by atoms with Gasteiger partial charge in [0, 0.05) is 49.6 Å². The van der Waals surface area contributed by atoms with E-state index in [1.54, 1.807) is 12.1 Å². The third kappa shape index (κ3) is 4.45. The van der Waals surface area contributed by atoms with Crippen LogP contribution in [0, 0.1) is 12.7 Å². The molecule has 3 rings (SSSR count). The van der Waals surface area contributed by atoms with Crippen molar-refractivity contribution in [3.05, 3.63) is 52.0 Å². The van der Waals surface area contributed by atoms with Crippen LogP contribution in [-0.2, 0) is 4.79 Å². The van der Waals surface area contributed by atoms with E-state index in [2.05, 4.69) is 4.90 Å². The first-order chi connectivity index (χ1) is 12.0. The van der Waals surface area contributed by atoms with E-state index < -0.39 is 0 Å². The van der Waals surface area contributed by atoms with E-state index in [9.17, 15) is 14.0 Å². The number of carbonyl (C=O) groups is 2. The van der Waals surface area contributed by atoms with Crippen LogP contribution in [-0.4, -0.2) is 42.8 Å². The number of halogens is 1. The Morgan fingerprint density at radius 2 is 1.68 bits per heavy atom. The lowest BCUT2D eigenvalue weighted by atomic mass is 10.1. The average Bonchev–Trinajstić information content (AvgIpc) is 3.07. The van der Waals surface area contributed by atoms with E-state index in [1.165, 1.54) is 23.5 Å². The van der Waals surface area contributed by atoms with Crippen molar-refractivity contribution < 1.29 is 14.0 Å². The van der Waals surface area contributed by atoms with Crippen LogP contribution in [0.5, 0.6) is 0 Å². The van der Waals surface area contributed by atoms with Crippen LogP contribution in [0.2, 0.25) is 0 Å². The summed E-state index contributed by atoms with van der Waals surface area (Å²) in [5, 5.41) is 0. The molecule has 1 saturated heterocycles. The van der Waals surface area contributed by atoms with Gasteiger partial charge in [-0.05, 0) is 43.3 Å². The Morgan fingerprint density at radius 1 is 1.00 bits per heavy atom. The summed E-state index contributed by atoms with van der Waals surface area (Å²) < 4.78 is 13.0. The fraction of sp³-hybridized carbons (Fsp3) is 0.368. The van der Waals surface area contributed by atoms with Crippen LogP contribution in [0.4, 0.5) is 10.1 Å². The molecule has 1 aromatic heterocycles. The molecule has 0 aliphatic carbocycles. The Bertz CT molecular complexity index is 749. The van der Waals surface area contributed by atoms with Crippen LogP contribution >= 0.6 is 11.3 Å². The molecular weight excluding hydrogens is 339 g/mol. The Balaban J connectivity index is 1.46. The van der Waals surface area contributed by atoms with Crippen molar-refractivity contribution in [2.24, 2.45) is 0 Å². The molecule has 25 heavy (non-hydrogen) atoms. The number of hydrogen-bond donors (Lipinski definition) is 0. The zero-order chi connectivity index (χ0) is 17.8. The first-order valence-electron chi connectivity index (χ1n) is 8.41. The van der Waals surface area contributed by atoms with E-state index in [0.717, 1.165) is 28.5 Å². The summed E-state index contributed by atoms with van der Waals surface area (Å²) in [6.45, 7) is 4.66. The van der Waals surface area contributed by atoms with Crippen LogP contribution in [0.15, 0.2) is 36.4 Å². The molecule has 1 aromatic carbocycles. The maximum Gasteiger partial charge on any atom is 0.223 e. The first-order valence-corrected chi connectivity index (χ1v) is 9.22. The Kier molecular flexibility index (Phi) is 5.48. The predicted octanol–water partition coefficient (Wildman–Crippen LogP) is 3.51. The fourth-order valence-corrected chi connectivity index (χ4v) is 3.79. The van der Waals surface area contributed by atoms with Gasteiger partial charge in [0.25, 0.3) is 0 Å². The largest absolute Gasteiger partial charge is 0.368 e. The number of piperazine rings is 1. The number of anilines is 1. The van der Waals surface area contributed by atoms with Gasteiger partial charge in [0.1, 0.15) is 5.82 Å². The van der Waals surface area contributed by atoms with Gasteiger partial charge in [0.2, 0.25) is 5.91 Å². The van der Waals surface area contributed by atoms with Gasteiger partial charge in [-0.2, -0.15) is 0 Å². The Labute approximate surface area is 150 Å². The maximum atomic E-state index is 13.0. The number of thiophene rings is 1. The molecule has 2 heterocycles. The molecule has 1 amide bonds. The zero-order valence-electron chi connectivity index (χ0n) is 14.2. The minimum atomic E-state index is -0.247. The number of Topliss-reactive ketones (excluding diaryl/α,β-unsaturated/α-hetero) is 1. The second kappa shape index (κ2) is 7.78. The Morgan fingerprint density at radius 3 is 2.28 bits per heavy atom. The molecule has 1 fully saturated rings. The molecule has 4 nitrogen and oxygen atoms in total. The van der Waals surface area contributed by atoms with Gasteiger partial charge < -0.3 is 9.80 Å². The number of carbonyl (C=O) groups excluding carboxylic acids is 2. The third-order valence-electron chi connectivity index (χ3n) is 4.41. The fourth-order valence-electron chi connectivity index (χ4n) is 2.95. The molecule has 0 bridgehead atoms. The minimum Gasteiger partial charge on any atom is -0.368 e. The van der Waals surface area contributed by atoms with Crippen molar-refractivity contribution in [2.75, 3.05) is 31.1 Å². The SMILES string of the molecule is Cc1ccc(C(=O)CCC(=O)N2CCN(c3ccc(F)cc3)CC2)s1. The molecule has 0 spiro atoms. The molecule has 0 unspecified atom stereocenters. The Hall–Kier alpha value is -2.21. The molecule has 1 aliphatic rings. The number of nitrogens with zero attached hydrogens (tertiary/aromatic N) is 2. The van der Waals surface area contributed by atoms with Crippen LogP contribution in [0.25, 0.3) is 0 Å². The predicted molar refractivity (Wildman–Crippen MR) is 97.8 cm³/mol. The molecule has 0 N–H and O–H groups in total. The van der Waals surface area contributed by atoms with Crippen molar-refractivity contribution >= 4 is 28.7 Å². The van der Waals surface area contributed by atoms with E-state index >= 15 is 0 Å². The summed E-state index contributed by atoms with van der Waals surface area (Å²) in [6.07, 6.45) is 0.517. The van der Waals surface area contributed by atoms with Crippen LogP contribution in [0.1, 0.15) is 27.4 Å². The summed E-state index contributed by atoms with van der Waals surface area (Å²) >= 11 is 1.47. The van der Waals surface area contributed by atoms with Gasteiger partial charge in [0.15, 0.2) is 5.78 Å². The first kappa shape index (κ1) is 17.6. The number of ketones is 1. The number of benzene rings is 1. The lowest BCUT2D eigenvalue weighted by Gasteiger charge is -2.36. The second-order valence-corrected chi connectivity index (χ2v) is 7.47. The van der Waals surface area contributed by atoms with Crippen molar-refractivity contribution in [1.29, 1.82) is 0 Å². The van der Waals surface area contributed by atoms with Crippen LogP contribution < -0.4 is 4.90 Å². The van der Waals surface area contributed by atoms with E-state index in [1.807, 2.05) is 24.0 Å². The molecular formula is C19H21FN2O2S. The highest BCUT2D eigenvalue weighted by atomic mass is 32.1. The number of aryl methyl sites for hydroxylation is 1. The summed E-state index contributed by atoms with van der Waals surface area (Å²) in [6, 6.07) is 10.2. The normalized spacial score (nSPS) is 14.6. The highest BCUT2D eigenvalue weighted by molar-refractivity contribution is 7.14. The third-order valence-corrected chi connectivity index (χ3v) is 5.45. The number of hydrogen-bond acceptors (Lipinski definition) is 4. The zero-order valence-corrected chi connectivity index (χ0v) is 15.0. The van der Waals surface area contributed by atoms with E-state index in [4.69, 9.17) is 0 Å². The van der Waals surface area contributed by atoms with Crippen molar-refractivity contribution in [3.8, 4) is 0 Å². The van der Waals surface area contributed by atoms with Crippen LogP contribution in [0.3, 0.4) is 0 Å². The minimum absolute atomic E-state index is 0.0281. The molecule has 132 valence electrons. The summed E-state index contributed by atoms with van der Waals surface area (Å²) in [7, 11) is 0. The average molecular weight is 360 g/mol. The van der Waals surface area contributed by atoms with Crippen molar-refractivity contribution in [2.45, 2.75) is 19.8 Å². The standard InChI is InChI=1S/C19H21FN2O2S/c1-14-2-8-18(25-14)17(23)7-9-19(24)22-12-10-21(11-13-22)16-5-3-15(20)4-6-16/h2-6,8H,7,9-13H2,1H3. The van der Waals surface area contributed by atoms with Gasteiger partial charge in [-0.15, -0.1) is 11.3 Å². The topological polar surface area (TPSA) is 40.6 Å². The molecule has 0 radical (unpaired) electrons. The van der Waals surface area contributed by atoms with Gasteiger partial charge in [-0.25, -0.2) is 4.39 Å². The molecule has 6 heteroatoms. The van der Waals surface area contributed by atoms with Gasteiger partial charge in [-0.3, -0.25) is 9.59 Å².